The van der Waals surface area contributed by atoms with Crippen LogP contribution < -0.4 is 16.4 Å². The summed E-state index contributed by atoms with van der Waals surface area (Å²) in [6.07, 6.45) is 1.62. The molecule has 86 valence electrons. The number of nitrogens with two attached hydrogens (primary N) is 1. The molecule has 1 aromatic heterocycles. The standard InChI is InChI=1S/C10H14N4O2/c1-12-10(16)6-14-9(15)4-8-3-2-7(11)5-13-8/h2-3,5H,4,6,11H2,1H3,(H,12,16)(H,14,15). The number of likely N-dealkylation sites (N-methyl/N-ethyl adjacent to an activating group) is 1. The second kappa shape index (κ2) is 5.69. The summed E-state index contributed by atoms with van der Waals surface area (Å²) in [4.78, 5) is 26.2. The van der Waals surface area contributed by atoms with Crippen molar-refractivity contribution in [3.8, 4) is 0 Å². The highest BCUT2D eigenvalue weighted by atomic mass is 16.2. The van der Waals surface area contributed by atoms with Gasteiger partial charge in [0.1, 0.15) is 0 Å². The van der Waals surface area contributed by atoms with Crippen molar-refractivity contribution in [2.45, 2.75) is 6.42 Å². The van der Waals surface area contributed by atoms with Crippen LogP contribution in [0.2, 0.25) is 0 Å². The second-order valence-electron chi connectivity index (χ2n) is 3.21. The molecule has 0 aliphatic rings. The maximum absolute atomic E-state index is 11.4. The molecular formula is C10H14N4O2. The van der Waals surface area contributed by atoms with Crippen molar-refractivity contribution >= 4 is 17.5 Å². The number of carbonyl (C=O) groups excluding carboxylic acids is 2. The van der Waals surface area contributed by atoms with E-state index in [0.717, 1.165) is 0 Å². The van der Waals surface area contributed by atoms with Crippen LogP contribution in [0.15, 0.2) is 18.3 Å². The van der Waals surface area contributed by atoms with Crippen LogP contribution in [0, 0.1) is 0 Å². The van der Waals surface area contributed by atoms with Crippen molar-refractivity contribution in [1.29, 1.82) is 0 Å². The van der Waals surface area contributed by atoms with Crippen LogP contribution in [0.5, 0.6) is 0 Å². The SMILES string of the molecule is CNC(=O)CNC(=O)Cc1ccc(N)cn1. The van der Waals surface area contributed by atoms with Gasteiger partial charge in [0.2, 0.25) is 11.8 Å². The van der Waals surface area contributed by atoms with Crippen molar-refractivity contribution in [3.63, 3.8) is 0 Å². The minimum absolute atomic E-state index is 0.0235. The van der Waals surface area contributed by atoms with Crippen LogP contribution >= 0.6 is 0 Å². The average Bonchev–Trinajstić information content (AvgIpc) is 2.29. The fraction of sp³-hybridized carbons (Fsp3) is 0.300. The second-order valence-corrected chi connectivity index (χ2v) is 3.21. The molecule has 0 aliphatic heterocycles. The quantitative estimate of drug-likeness (QED) is 0.613. The Labute approximate surface area is 93.2 Å². The summed E-state index contributed by atoms with van der Waals surface area (Å²) in [6, 6.07) is 3.35. The molecule has 4 N–H and O–H groups in total. The molecule has 6 heteroatoms. The van der Waals surface area contributed by atoms with Crippen LogP contribution in [0.1, 0.15) is 5.69 Å². The maximum atomic E-state index is 11.4. The van der Waals surface area contributed by atoms with Gasteiger partial charge >= 0.3 is 0 Å². The van der Waals surface area contributed by atoms with Crippen molar-refractivity contribution < 1.29 is 9.59 Å². The molecule has 0 saturated heterocycles. The van der Waals surface area contributed by atoms with Gasteiger partial charge in [-0.25, -0.2) is 0 Å². The molecule has 2 amide bonds. The summed E-state index contributed by atoms with van der Waals surface area (Å²) in [5, 5.41) is 4.88. The van der Waals surface area contributed by atoms with E-state index in [4.69, 9.17) is 5.73 Å². The zero-order valence-electron chi connectivity index (χ0n) is 8.99. The average molecular weight is 222 g/mol. The Bertz CT molecular complexity index is 375. The molecule has 0 saturated carbocycles. The third-order valence-corrected chi connectivity index (χ3v) is 1.91. The number of carbonyl (C=O) groups is 2. The first kappa shape index (κ1) is 12.0. The maximum Gasteiger partial charge on any atom is 0.239 e. The fourth-order valence-corrected chi connectivity index (χ4v) is 1.03. The van der Waals surface area contributed by atoms with Gasteiger partial charge in [0, 0.05) is 12.7 Å². The molecule has 0 radical (unpaired) electrons. The third kappa shape index (κ3) is 3.95. The molecule has 0 fully saturated rings. The smallest absolute Gasteiger partial charge is 0.239 e. The molecular weight excluding hydrogens is 208 g/mol. The van der Waals surface area contributed by atoms with Crippen LogP contribution in [-0.2, 0) is 16.0 Å². The number of hydrogen-bond donors (Lipinski definition) is 3. The first-order chi connectivity index (χ1) is 7.61. The van der Waals surface area contributed by atoms with E-state index in [1.807, 2.05) is 0 Å². The topological polar surface area (TPSA) is 97.1 Å². The summed E-state index contributed by atoms with van der Waals surface area (Å²) < 4.78 is 0. The number of amides is 2. The number of anilines is 1. The summed E-state index contributed by atoms with van der Waals surface area (Å²) in [5.41, 5.74) is 6.62. The van der Waals surface area contributed by atoms with E-state index in [9.17, 15) is 9.59 Å². The number of nitrogens with zero attached hydrogens (tertiary/aromatic N) is 1. The van der Waals surface area contributed by atoms with Gasteiger partial charge in [-0.2, -0.15) is 0 Å². The van der Waals surface area contributed by atoms with E-state index in [1.165, 1.54) is 13.2 Å². The molecule has 0 bridgehead atoms. The molecule has 0 spiro atoms. The summed E-state index contributed by atoms with van der Waals surface area (Å²) in [6.45, 7) is -0.0235. The Balaban J connectivity index is 2.40. The number of pyridine rings is 1. The van der Waals surface area contributed by atoms with E-state index >= 15 is 0 Å². The fourth-order valence-electron chi connectivity index (χ4n) is 1.03. The van der Waals surface area contributed by atoms with Gasteiger partial charge in [0.15, 0.2) is 0 Å². The van der Waals surface area contributed by atoms with Gasteiger partial charge < -0.3 is 16.4 Å². The highest BCUT2D eigenvalue weighted by Gasteiger charge is 2.05. The predicted molar refractivity (Wildman–Crippen MR) is 59.4 cm³/mol. The molecule has 1 rings (SSSR count). The van der Waals surface area contributed by atoms with Crippen LogP contribution in [-0.4, -0.2) is 30.4 Å². The lowest BCUT2D eigenvalue weighted by atomic mass is 10.2. The lowest BCUT2D eigenvalue weighted by Gasteiger charge is -2.03. The van der Waals surface area contributed by atoms with Gasteiger partial charge in [-0.05, 0) is 12.1 Å². The van der Waals surface area contributed by atoms with E-state index in [2.05, 4.69) is 15.6 Å². The molecule has 6 nitrogen and oxygen atoms in total. The Morgan fingerprint density at radius 2 is 2.12 bits per heavy atom. The molecule has 1 heterocycles. The van der Waals surface area contributed by atoms with Crippen LogP contribution in [0.25, 0.3) is 0 Å². The molecule has 0 aromatic carbocycles. The van der Waals surface area contributed by atoms with E-state index < -0.39 is 0 Å². The van der Waals surface area contributed by atoms with Gasteiger partial charge in [-0.15, -0.1) is 0 Å². The Morgan fingerprint density at radius 1 is 1.38 bits per heavy atom. The zero-order valence-corrected chi connectivity index (χ0v) is 8.99. The highest BCUT2D eigenvalue weighted by molar-refractivity contribution is 5.85. The number of nitrogen functional groups attached to an aromatic ring is 1. The van der Waals surface area contributed by atoms with Gasteiger partial charge in [-0.1, -0.05) is 0 Å². The zero-order chi connectivity index (χ0) is 12.0. The minimum atomic E-state index is -0.249. The number of hydrogen-bond acceptors (Lipinski definition) is 4. The predicted octanol–water partition coefficient (Wildman–Crippen LogP) is -0.931. The first-order valence-electron chi connectivity index (χ1n) is 4.79. The van der Waals surface area contributed by atoms with Crippen LogP contribution in [0.4, 0.5) is 5.69 Å². The number of rotatable bonds is 4. The molecule has 0 unspecified atom stereocenters. The monoisotopic (exact) mass is 222 g/mol. The van der Waals surface area contributed by atoms with Crippen LogP contribution in [0.3, 0.4) is 0 Å². The normalized spacial score (nSPS) is 9.56. The largest absolute Gasteiger partial charge is 0.397 e. The lowest BCUT2D eigenvalue weighted by molar-refractivity contribution is -0.125. The van der Waals surface area contributed by atoms with Crippen molar-refractivity contribution in [2.24, 2.45) is 0 Å². The van der Waals surface area contributed by atoms with Crippen molar-refractivity contribution in [1.82, 2.24) is 15.6 Å². The van der Waals surface area contributed by atoms with Gasteiger partial charge in [-0.3, -0.25) is 14.6 Å². The number of aromatic nitrogens is 1. The Kier molecular flexibility index (Phi) is 4.26. The summed E-state index contributed by atoms with van der Waals surface area (Å²) in [5.74, 6) is -0.487. The molecule has 16 heavy (non-hydrogen) atoms. The molecule has 0 aliphatic carbocycles. The van der Waals surface area contributed by atoms with Gasteiger partial charge in [0.25, 0.3) is 0 Å². The highest BCUT2D eigenvalue weighted by Crippen LogP contribution is 2.01. The summed E-state index contributed by atoms with van der Waals surface area (Å²) >= 11 is 0. The van der Waals surface area contributed by atoms with Crippen molar-refractivity contribution in [2.75, 3.05) is 19.3 Å². The van der Waals surface area contributed by atoms with E-state index in [0.29, 0.717) is 11.4 Å². The molecule has 0 atom stereocenters. The minimum Gasteiger partial charge on any atom is -0.397 e. The Hall–Kier alpha value is -2.11. The lowest BCUT2D eigenvalue weighted by Crippen LogP contribution is -2.36. The van der Waals surface area contributed by atoms with E-state index in [1.54, 1.807) is 12.1 Å². The molecule has 1 aromatic rings. The van der Waals surface area contributed by atoms with E-state index in [-0.39, 0.29) is 24.8 Å². The van der Waals surface area contributed by atoms with Crippen molar-refractivity contribution in [3.05, 3.63) is 24.0 Å². The third-order valence-electron chi connectivity index (χ3n) is 1.91. The first-order valence-corrected chi connectivity index (χ1v) is 4.79. The number of nitrogens with one attached hydrogen (secondary N) is 2. The summed E-state index contributed by atoms with van der Waals surface area (Å²) in [7, 11) is 1.51. The Morgan fingerprint density at radius 3 is 2.69 bits per heavy atom. The van der Waals surface area contributed by atoms with Gasteiger partial charge in [0.05, 0.1) is 24.8 Å².